The van der Waals surface area contributed by atoms with Crippen molar-refractivity contribution in [2.24, 2.45) is 0 Å². The number of nitrogens with zero attached hydrogens (tertiary/aromatic N) is 1. The molecule has 0 aliphatic carbocycles. The third-order valence-electron chi connectivity index (χ3n) is 3.76. The van der Waals surface area contributed by atoms with Crippen molar-refractivity contribution in [2.45, 2.75) is 18.2 Å². The van der Waals surface area contributed by atoms with Gasteiger partial charge in [0.05, 0.1) is 17.0 Å². The first-order chi connectivity index (χ1) is 11.4. The molecule has 2 N–H and O–H groups in total. The Kier molecular flexibility index (Phi) is 3.10. The van der Waals surface area contributed by atoms with Gasteiger partial charge in [-0.1, -0.05) is 0 Å². The van der Waals surface area contributed by atoms with Crippen LogP contribution in [0.1, 0.15) is 11.5 Å². The highest BCUT2D eigenvalue weighted by Crippen LogP contribution is 2.27. The van der Waals surface area contributed by atoms with Crippen LogP contribution in [0.15, 0.2) is 45.7 Å². The molecule has 0 bridgehead atoms. The van der Waals surface area contributed by atoms with Crippen molar-refractivity contribution >= 4 is 38.4 Å². The number of fused-ring (bicyclic) bond motifs is 2. The van der Waals surface area contributed by atoms with E-state index in [0.717, 1.165) is 0 Å². The number of carbonyl (C=O) groups is 1. The Morgan fingerprint density at radius 1 is 1.21 bits per heavy atom. The van der Waals surface area contributed by atoms with Crippen molar-refractivity contribution in [3.05, 3.63) is 47.9 Å². The quantitative estimate of drug-likeness (QED) is 0.760. The number of hydrogen-bond donors (Lipinski definition) is 2. The maximum absolute atomic E-state index is 12.6. The van der Waals surface area contributed by atoms with E-state index in [9.17, 15) is 13.2 Å². The normalized spacial score (nSPS) is 13.8. The summed E-state index contributed by atoms with van der Waals surface area (Å²) in [4.78, 5) is 15.7. The van der Waals surface area contributed by atoms with Crippen molar-refractivity contribution in [1.29, 1.82) is 0 Å². The van der Waals surface area contributed by atoms with Crippen molar-refractivity contribution in [2.75, 3.05) is 10.0 Å². The Morgan fingerprint density at radius 2 is 2.04 bits per heavy atom. The summed E-state index contributed by atoms with van der Waals surface area (Å²) < 4.78 is 33.0. The minimum atomic E-state index is -3.76. The summed E-state index contributed by atoms with van der Waals surface area (Å²) in [5.41, 5.74) is 2.89. The molecule has 0 saturated heterocycles. The van der Waals surface area contributed by atoms with E-state index in [0.29, 0.717) is 33.9 Å². The molecular formula is C16H13N3O4S. The maximum atomic E-state index is 12.6. The number of rotatable bonds is 3. The van der Waals surface area contributed by atoms with E-state index < -0.39 is 10.0 Å². The van der Waals surface area contributed by atoms with Crippen LogP contribution in [0.4, 0.5) is 11.4 Å². The molecule has 1 aliphatic rings. The van der Waals surface area contributed by atoms with Crippen LogP contribution < -0.4 is 10.0 Å². The largest absolute Gasteiger partial charge is 0.441 e. The Hall–Kier alpha value is -2.87. The summed E-state index contributed by atoms with van der Waals surface area (Å²) in [5.74, 6) is 0.375. The zero-order valence-corrected chi connectivity index (χ0v) is 13.5. The fourth-order valence-electron chi connectivity index (χ4n) is 2.69. The molecule has 0 spiro atoms. The molecular weight excluding hydrogens is 330 g/mol. The number of aromatic nitrogens is 1. The molecule has 1 amide bonds. The van der Waals surface area contributed by atoms with E-state index in [2.05, 4.69) is 15.0 Å². The summed E-state index contributed by atoms with van der Waals surface area (Å²) in [6.45, 7) is 1.73. The predicted octanol–water partition coefficient (Wildman–Crippen LogP) is 2.43. The van der Waals surface area contributed by atoms with Crippen molar-refractivity contribution in [1.82, 2.24) is 4.98 Å². The summed E-state index contributed by atoms with van der Waals surface area (Å²) in [6, 6.07) is 9.46. The highest BCUT2D eigenvalue weighted by molar-refractivity contribution is 7.92. The number of oxazole rings is 1. The molecule has 122 valence electrons. The number of amides is 1. The lowest BCUT2D eigenvalue weighted by molar-refractivity contribution is -0.115. The van der Waals surface area contributed by atoms with Gasteiger partial charge in [-0.3, -0.25) is 9.52 Å². The lowest BCUT2D eigenvalue weighted by Gasteiger charge is -2.09. The second kappa shape index (κ2) is 5.07. The first-order valence-corrected chi connectivity index (χ1v) is 8.72. The molecule has 2 heterocycles. The average molecular weight is 343 g/mol. The molecule has 0 unspecified atom stereocenters. The van der Waals surface area contributed by atoms with Gasteiger partial charge in [0.25, 0.3) is 10.0 Å². The van der Waals surface area contributed by atoms with Crippen LogP contribution in [0.2, 0.25) is 0 Å². The predicted molar refractivity (Wildman–Crippen MR) is 88.3 cm³/mol. The van der Waals surface area contributed by atoms with Crippen LogP contribution in [0.25, 0.3) is 11.1 Å². The highest BCUT2D eigenvalue weighted by atomic mass is 32.2. The molecule has 2 aromatic carbocycles. The number of benzene rings is 2. The topological polar surface area (TPSA) is 101 Å². The monoisotopic (exact) mass is 343 g/mol. The van der Waals surface area contributed by atoms with E-state index >= 15 is 0 Å². The van der Waals surface area contributed by atoms with E-state index in [1.54, 1.807) is 31.2 Å². The van der Waals surface area contributed by atoms with Crippen LogP contribution in [0, 0.1) is 6.92 Å². The molecule has 0 fully saturated rings. The smallest absolute Gasteiger partial charge is 0.261 e. The Labute approximate surface area is 137 Å². The molecule has 7 nitrogen and oxygen atoms in total. The molecule has 1 aliphatic heterocycles. The van der Waals surface area contributed by atoms with E-state index in [1.807, 2.05) is 0 Å². The zero-order valence-electron chi connectivity index (χ0n) is 12.7. The van der Waals surface area contributed by atoms with Gasteiger partial charge in [-0.15, -0.1) is 0 Å². The summed E-state index contributed by atoms with van der Waals surface area (Å²) in [5, 5.41) is 2.68. The van der Waals surface area contributed by atoms with Gasteiger partial charge >= 0.3 is 0 Å². The van der Waals surface area contributed by atoms with Gasteiger partial charge in [0.2, 0.25) is 5.91 Å². The second-order valence-electron chi connectivity index (χ2n) is 5.56. The van der Waals surface area contributed by atoms with E-state index in [4.69, 9.17) is 4.42 Å². The van der Waals surface area contributed by atoms with Crippen molar-refractivity contribution in [3.63, 3.8) is 0 Å². The van der Waals surface area contributed by atoms with E-state index in [1.165, 1.54) is 12.1 Å². The molecule has 3 aromatic rings. The molecule has 24 heavy (non-hydrogen) atoms. The van der Waals surface area contributed by atoms with Gasteiger partial charge in [-0.25, -0.2) is 13.4 Å². The highest BCUT2D eigenvalue weighted by Gasteiger charge is 2.22. The number of anilines is 2. The van der Waals surface area contributed by atoms with Crippen molar-refractivity contribution < 1.29 is 17.6 Å². The number of sulfonamides is 1. The lowest BCUT2D eigenvalue weighted by Crippen LogP contribution is -2.13. The first-order valence-electron chi connectivity index (χ1n) is 7.23. The molecule has 1 aromatic heterocycles. The van der Waals surface area contributed by atoms with Crippen LogP contribution in [0.3, 0.4) is 0 Å². The third kappa shape index (κ3) is 2.50. The Bertz CT molecular complexity index is 1090. The number of aryl methyl sites for hydroxylation is 1. The average Bonchev–Trinajstić information content (AvgIpc) is 3.05. The summed E-state index contributed by atoms with van der Waals surface area (Å²) in [7, 11) is -3.76. The van der Waals surface area contributed by atoms with Gasteiger partial charge in [-0.05, 0) is 42.0 Å². The van der Waals surface area contributed by atoms with Crippen LogP contribution in [-0.2, 0) is 21.2 Å². The van der Waals surface area contributed by atoms with Crippen LogP contribution >= 0.6 is 0 Å². The fourth-order valence-corrected chi connectivity index (χ4v) is 3.79. The third-order valence-corrected chi connectivity index (χ3v) is 5.14. The lowest BCUT2D eigenvalue weighted by atomic mass is 10.2. The van der Waals surface area contributed by atoms with Crippen molar-refractivity contribution in [3.8, 4) is 0 Å². The molecule has 8 heteroatoms. The molecule has 0 radical (unpaired) electrons. The fraction of sp³-hybridized carbons (Fsp3) is 0.125. The number of hydrogen-bond acceptors (Lipinski definition) is 5. The standard InChI is InChI=1S/C16H13N3O4S/c1-9-17-14-8-11(2-5-15(14)23-9)19-24(21,22)12-3-4-13-10(6-12)7-16(20)18-13/h2-6,8,19H,7H2,1H3,(H,18,20). The number of carbonyl (C=O) groups excluding carboxylic acids is 1. The summed E-state index contributed by atoms with van der Waals surface area (Å²) in [6.07, 6.45) is 0.183. The Morgan fingerprint density at radius 3 is 2.88 bits per heavy atom. The minimum absolute atomic E-state index is 0.106. The van der Waals surface area contributed by atoms with Gasteiger partial charge in [0.15, 0.2) is 11.5 Å². The molecule has 0 saturated carbocycles. The van der Waals surface area contributed by atoms with Crippen LogP contribution in [0.5, 0.6) is 0 Å². The van der Waals surface area contributed by atoms with Gasteiger partial charge < -0.3 is 9.73 Å². The van der Waals surface area contributed by atoms with E-state index in [-0.39, 0.29) is 17.2 Å². The zero-order chi connectivity index (χ0) is 16.9. The number of nitrogens with one attached hydrogen (secondary N) is 2. The maximum Gasteiger partial charge on any atom is 0.261 e. The minimum Gasteiger partial charge on any atom is -0.441 e. The Balaban J connectivity index is 1.67. The van der Waals surface area contributed by atoms with Gasteiger partial charge in [0, 0.05) is 12.6 Å². The SMILES string of the molecule is Cc1nc2cc(NS(=O)(=O)c3ccc4c(c3)CC(=O)N4)ccc2o1. The van der Waals surface area contributed by atoms with Crippen LogP contribution in [-0.4, -0.2) is 19.3 Å². The van der Waals surface area contributed by atoms with Gasteiger partial charge in [-0.2, -0.15) is 0 Å². The first kappa shape index (κ1) is 14.7. The second-order valence-corrected chi connectivity index (χ2v) is 7.25. The molecule has 4 rings (SSSR count). The molecule has 0 atom stereocenters. The summed E-state index contributed by atoms with van der Waals surface area (Å²) >= 11 is 0. The van der Waals surface area contributed by atoms with Gasteiger partial charge in [0.1, 0.15) is 5.52 Å².